The van der Waals surface area contributed by atoms with Crippen molar-refractivity contribution in [1.82, 2.24) is 4.57 Å². The number of benzene rings is 2. The Balaban J connectivity index is 1.86. The summed E-state index contributed by atoms with van der Waals surface area (Å²) in [4.78, 5) is 0. The molecule has 1 aromatic heterocycles. The Bertz CT molecular complexity index is 744. The second-order valence-electron chi connectivity index (χ2n) is 5.03. The number of fused-ring (bicyclic) bond motifs is 1. The van der Waals surface area contributed by atoms with Gasteiger partial charge in [-0.1, -0.05) is 17.7 Å². The van der Waals surface area contributed by atoms with Crippen molar-refractivity contribution in [1.29, 1.82) is 0 Å². The molecule has 0 unspecified atom stereocenters. The van der Waals surface area contributed by atoms with Gasteiger partial charge in [-0.25, -0.2) is 4.39 Å². The molecule has 0 fully saturated rings. The summed E-state index contributed by atoms with van der Waals surface area (Å²) in [6.45, 7) is 2.52. The van der Waals surface area contributed by atoms with Crippen molar-refractivity contribution < 1.29 is 9.13 Å². The summed E-state index contributed by atoms with van der Waals surface area (Å²) in [5, 5.41) is 1.03. The Kier molecular flexibility index (Phi) is 3.18. The van der Waals surface area contributed by atoms with Crippen molar-refractivity contribution in [3.63, 3.8) is 0 Å². The Morgan fingerprint density at radius 3 is 2.60 bits per heavy atom. The van der Waals surface area contributed by atoms with Crippen LogP contribution in [-0.2, 0) is 13.7 Å². The molecule has 0 atom stereocenters. The van der Waals surface area contributed by atoms with Crippen LogP contribution in [0.2, 0.25) is 0 Å². The molecule has 20 heavy (non-hydrogen) atoms. The monoisotopic (exact) mass is 269 g/mol. The van der Waals surface area contributed by atoms with Crippen molar-refractivity contribution in [3.05, 3.63) is 65.6 Å². The fourth-order valence-electron chi connectivity index (χ4n) is 2.35. The molecular formula is C17H16FNO. The van der Waals surface area contributed by atoms with Crippen LogP contribution in [0.1, 0.15) is 11.1 Å². The van der Waals surface area contributed by atoms with Gasteiger partial charge in [0.2, 0.25) is 0 Å². The molecule has 1 heterocycles. The third-order valence-corrected chi connectivity index (χ3v) is 3.45. The van der Waals surface area contributed by atoms with Gasteiger partial charge in [0.05, 0.1) is 5.52 Å². The molecule has 0 bridgehead atoms. The molecule has 3 heteroatoms. The Labute approximate surface area is 117 Å². The molecule has 0 aliphatic rings. The number of hydrogen-bond donors (Lipinski definition) is 0. The summed E-state index contributed by atoms with van der Waals surface area (Å²) >= 11 is 0. The first-order valence-electron chi connectivity index (χ1n) is 6.56. The maximum Gasteiger partial charge on any atom is 0.125 e. The predicted molar refractivity (Wildman–Crippen MR) is 78.4 cm³/mol. The van der Waals surface area contributed by atoms with Crippen LogP contribution in [0, 0.1) is 12.7 Å². The van der Waals surface area contributed by atoms with Gasteiger partial charge in [-0.3, -0.25) is 0 Å². The number of rotatable bonds is 3. The standard InChI is InChI=1S/C17H16FNO/c1-12-3-6-15(7-4-12)20-11-13-10-19(2)17-9-14(18)5-8-16(13)17/h3-10H,11H2,1-2H3. The molecule has 0 saturated carbocycles. The second kappa shape index (κ2) is 5.00. The van der Waals surface area contributed by atoms with Crippen LogP contribution in [0.25, 0.3) is 10.9 Å². The van der Waals surface area contributed by atoms with E-state index in [-0.39, 0.29) is 5.82 Å². The number of halogens is 1. The lowest BCUT2D eigenvalue weighted by atomic mass is 10.2. The Morgan fingerprint density at radius 1 is 1.10 bits per heavy atom. The Morgan fingerprint density at radius 2 is 1.85 bits per heavy atom. The van der Waals surface area contributed by atoms with Crippen molar-refractivity contribution in [2.24, 2.45) is 7.05 Å². The van der Waals surface area contributed by atoms with E-state index in [1.165, 1.54) is 11.6 Å². The highest BCUT2D eigenvalue weighted by Crippen LogP contribution is 2.23. The number of aryl methyl sites for hydroxylation is 2. The zero-order valence-electron chi connectivity index (χ0n) is 11.6. The topological polar surface area (TPSA) is 14.2 Å². The van der Waals surface area contributed by atoms with E-state index >= 15 is 0 Å². The largest absolute Gasteiger partial charge is 0.489 e. The number of hydrogen-bond acceptors (Lipinski definition) is 1. The van der Waals surface area contributed by atoms with E-state index in [1.54, 1.807) is 12.1 Å². The van der Waals surface area contributed by atoms with Gasteiger partial charge in [0.25, 0.3) is 0 Å². The second-order valence-corrected chi connectivity index (χ2v) is 5.03. The van der Waals surface area contributed by atoms with E-state index in [9.17, 15) is 4.39 Å². The van der Waals surface area contributed by atoms with Crippen LogP contribution in [0.15, 0.2) is 48.7 Å². The van der Waals surface area contributed by atoms with Gasteiger partial charge < -0.3 is 9.30 Å². The number of ether oxygens (including phenoxy) is 1. The molecule has 2 aromatic carbocycles. The average Bonchev–Trinajstić information content (AvgIpc) is 2.74. The normalized spacial score (nSPS) is 10.9. The van der Waals surface area contributed by atoms with Gasteiger partial charge in [0.1, 0.15) is 18.2 Å². The van der Waals surface area contributed by atoms with E-state index in [0.29, 0.717) is 6.61 Å². The van der Waals surface area contributed by atoms with Gasteiger partial charge in [-0.15, -0.1) is 0 Å². The minimum Gasteiger partial charge on any atom is -0.489 e. The highest BCUT2D eigenvalue weighted by molar-refractivity contribution is 5.83. The molecule has 0 spiro atoms. The lowest BCUT2D eigenvalue weighted by Gasteiger charge is -2.05. The molecule has 0 aliphatic carbocycles. The minimum atomic E-state index is -0.218. The summed E-state index contributed by atoms with van der Waals surface area (Å²) in [5.41, 5.74) is 3.15. The lowest BCUT2D eigenvalue weighted by molar-refractivity contribution is 0.307. The van der Waals surface area contributed by atoms with Crippen LogP contribution >= 0.6 is 0 Å². The van der Waals surface area contributed by atoms with Crippen LogP contribution in [-0.4, -0.2) is 4.57 Å². The van der Waals surface area contributed by atoms with Gasteiger partial charge >= 0.3 is 0 Å². The van der Waals surface area contributed by atoms with E-state index in [4.69, 9.17) is 4.74 Å². The summed E-state index contributed by atoms with van der Waals surface area (Å²) in [6, 6.07) is 12.8. The molecule has 3 rings (SSSR count). The van der Waals surface area contributed by atoms with Crippen molar-refractivity contribution in [3.8, 4) is 5.75 Å². The minimum absolute atomic E-state index is 0.218. The van der Waals surface area contributed by atoms with Gasteiger partial charge in [0, 0.05) is 24.2 Å². The van der Waals surface area contributed by atoms with Crippen LogP contribution in [0.5, 0.6) is 5.75 Å². The van der Waals surface area contributed by atoms with Crippen molar-refractivity contribution in [2.45, 2.75) is 13.5 Å². The number of nitrogens with zero attached hydrogens (tertiary/aromatic N) is 1. The fourth-order valence-corrected chi connectivity index (χ4v) is 2.35. The third kappa shape index (κ3) is 2.39. The first kappa shape index (κ1) is 12.7. The molecule has 0 aliphatic heterocycles. The summed E-state index contributed by atoms with van der Waals surface area (Å²) in [7, 11) is 1.91. The highest BCUT2D eigenvalue weighted by Gasteiger charge is 2.08. The average molecular weight is 269 g/mol. The summed E-state index contributed by atoms with van der Waals surface area (Å²) < 4.78 is 21.0. The first-order chi connectivity index (χ1) is 9.63. The summed E-state index contributed by atoms with van der Waals surface area (Å²) in [6.07, 6.45) is 1.98. The van der Waals surface area contributed by atoms with E-state index < -0.39 is 0 Å². The third-order valence-electron chi connectivity index (χ3n) is 3.45. The SMILES string of the molecule is Cc1ccc(OCc2cn(C)c3cc(F)ccc23)cc1. The Hall–Kier alpha value is -2.29. The molecular weight excluding hydrogens is 253 g/mol. The maximum absolute atomic E-state index is 13.3. The molecule has 2 nitrogen and oxygen atoms in total. The smallest absolute Gasteiger partial charge is 0.125 e. The van der Waals surface area contributed by atoms with Crippen LogP contribution < -0.4 is 4.74 Å². The predicted octanol–water partition coefficient (Wildman–Crippen LogP) is 4.20. The molecule has 0 saturated heterocycles. The maximum atomic E-state index is 13.3. The van der Waals surface area contributed by atoms with Gasteiger partial charge in [-0.05, 0) is 37.3 Å². The van der Waals surface area contributed by atoms with E-state index in [0.717, 1.165) is 22.2 Å². The quantitative estimate of drug-likeness (QED) is 0.695. The lowest BCUT2D eigenvalue weighted by Crippen LogP contribution is -1.94. The summed E-state index contributed by atoms with van der Waals surface area (Å²) in [5.74, 6) is 0.624. The van der Waals surface area contributed by atoms with Gasteiger partial charge in [0.15, 0.2) is 0 Å². The van der Waals surface area contributed by atoms with E-state index in [2.05, 4.69) is 0 Å². The zero-order valence-corrected chi connectivity index (χ0v) is 11.6. The molecule has 0 radical (unpaired) electrons. The number of aromatic nitrogens is 1. The van der Waals surface area contributed by atoms with Crippen LogP contribution in [0.3, 0.4) is 0 Å². The molecule has 102 valence electrons. The van der Waals surface area contributed by atoms with Crippen LogP contribution in [0.4, 0.5) is 4.39 Å². The van der Waals surface area contributed by atoms with E-state index in [1.807, 2.05) is 49.0 Å². The molecule has 0 N–H and O–H groups in total. The fraction of sp³-hybridized carbons (Fsp3) is 0.176. The van der Waals surface area contributed by atoms with Crippen molar-refractivity contribution in [2.75, 3.05) is 0 Å². The zero-order chi connectivity index (χ0) is 14.1. The molecule has 3 aromatic rings. The molecule has 0 amide bonds. The highest BCUT2D eigenvalue weighted by atomic mass is 19.1. The van der Waals surface area contributed by atoms with Crippen molar-refractivity contribution >= 4 is 10.9 Å². The van der Waals surface area contributed by atoms with Gasteiger partial charge in [-0.2, -0.15) is 0 Å². The first-order valence-corrected chi connectivity index (χ1v) is 6.56.